The molecular weight excluding hydrogens is 354 g/mol. The van der Waals surface area contributed by atoms with Crippen LogP contribution in [0.15, 0.2) is 22.7 Å². The summed E-state index contributed by atoms with van der Waals surface area (Å²) in [5.74, 6) is 0.205. The molecule has 0 amide bonds. The van der Waals surface area contributed by atoms with Gasteiger partial charge >= 0.3 is 0 Å². The van der Waals surface area contributed by atoms with Crippen LogP contribution in [0.3, 0.4) is 0 Å². The molecule has 2 rings (SSSR count). The summed E-state index contributed by atoms with van der Waals surface area (Å²) >= 11 is 3.47. The fraction of sp³-hybridized carbons (Fsp3) is 0.600. The zero-order chi connectivity index (χ0) is 15.6. The lowest BCUT2D eigenvalue weighted by Gasteiger charge is -2.32. The van der Waals surface area contributed by atoms with Crippen LogP contribution in [-0.4, -0.2) is 37.2 Å². The van der Waals surface area contributed by atoms with Crippen molar-refractivity contribution in [2.75, 3.05) is 19.3 Å². The topological polar surface area (TPSA) is 57.6 Å². The van der Waals surface area contributed by atoms with Gasteiger partial charge in [-0.1, -0.05) is 33.6 Å². The molecule has 1 fully saturated rings. The minimum Gasteiger partial charge on any atom is -0.388 e. The third kappa shape index (κ3) is 4.52. The minimum absolute atomic E-state index is 0.205. The second-order valence-corrected chi connectivity index (χ2v) is 8.74. The molecule has 1 saturated heterocycles. The average molecular weight is 376 g/mol. The Bertz CT molecular complexity index is 603. The summed E-state index contributed by atoms with van der Waals surface area (Å²) in [6, 6.07) is 5.91. The first-order valence-corrected chi connectivity index (χ1v) is 9.80. The van der Waals surface area contributed by atoms with Crippen molar-refractivity contribution in [3.05, 3.63) is 33.8 Å². The third-order valence-corrected chi connectivity index (χ3v) is 6.01. The van der Waals surface area contributed by atoms with Crippen molar-refractivity contribution < 1.29 is 13.5 Å². The summed E-state index contributed by atoms with van der Waals surface area (Å²) in [5, 5.41) is 10.5. The Hall–Kier alpha value is -0.430. The van der Waals surface area contributed by atoms with Crippen LogP contribution < -0.4 is 0 Å². The monoisotopic (exact) mass is 375 g/mol. The number of benzene rings is 1. The second kappa shape index (κ2) is 6.77. The summed E-state index contributed by atoms with van der Waals surface area (Å²) < 4.78 is 25.7. The lowest BCUT2D eigenvalue weighted by atomic mass is 9.90. The number of halogens is 1. The van der Waals surface area contributed by atoms with Crippen LogP contribution in [0, 0.1) is 12.8 Å². The Morgan fingerprint density at radius 2 is 2.19 bits per heavy atom. The molecule has 1 heterocycles. The number of aliphatic hydroxyl groups excluding tert-OH is 1. The second-order valence-electron chi connectivity index (χ2n) is 5.91. The summed E-state index contributed by atoms with van der Waals surface area (Å²) in [6.07, 6.45) is 3.10. The molecule has 1 aromatic rings. The van der Waals surface area contributed by atoms with E-state index in [0.29, 0.717) is 19.5 Å². The van der Waals surface area contributed by atoms with Gasteiger partial charge in [-0.05, 0) is 43.7 Å². The first-order chi connectivity index (χ1) is 9.77. The van der Waals surface area contributed by atoms with Crippen molar-refractivity contribution >= 4 is 26.0 Å². The molecule has 1 N–H and O–H groups in total. The quantitative estimate of drug-likeness (QED) is 0.879. The molecule has 0 spiro atoms. The first-order valence-electron chi connectivity index (χ1n) is 7.16. The fourth-order valence-electron chi connectivity index (χ4n) is 2.88. The van der Waals surface area contributed by atoms with Crippen LogP contribution >= 0.6 is 15.9 Å². The van der Waals surface area contributed by atoms with E-state index >= 15 is 0 Å². The Labute approximate surface area is 135 Å². The fourth-order valence-corrected chi connectivity index (χ4v) is 4.33. The molecule has 0 radical (unpaired) electrons. The zero-order valence-electron chi connectivity index (χ0n) is 12.4. The number of hydrogen-bond donors (Lipinski definition) is 1. The van der Waals surface area contributed by atoms with Crippen LogP contribution in [0.5, 0.6) is 0 Å². The maximum absolute atomic E-state index is 11.6. The Kier molecular flexibility index (Phi) is 5.46. The predicted octanol–water partition coefficient (Wildman–Crippen LogP) is 2.85. The van der Waals surface area contributed by atoms with Crippen molar-refractivity contribution in [3.8, 4) is 0 Å². The van der Waals surface area contributed by atoms with Crippen molar-refractivity contribution in [1.82, 2.24) is 4.31 Å². The number of aryl methyl sites for hydroxylation is 1. The van der Waals surface area contributed by atoms with E-state index < -0.39 is 16.1 Å². The Morgan fingerprint density at radius 3 is 2.86 bits per heavy atom. The predicted molar refractivity (Wildman–Crippen MR) is 87.6 cm³/mol. The number of nitrogens with zero attached hydrogens (tertiary/aromatic N) is 1. The number of hydrogen-bond acceptors (Lipinski definition) is 3. The highest BCUT2D eigenvalue weighted by atomic mass is 79.9. The molecule has 0 aromatic heterocycles. The van der Waals surface area contributed by atoms with Crippen LogP contribution in [0.4, 0.5) is 0 Å². The number of rotatable bonds is 4. The van der Waals surface area contributed by atoms with Crippen LogP contribution in [0.1, 0.15) is 36.5 Å². The van der Waals surface area contributed by atoms with Crippen LogP contribution in [0.25, 0.3) is 0 Å². The van der Waals surface area contributed by atoms with Crippen molar-refractivity contribution in [2.45, 2.75) is 32.3 Å². The molecule has 2 unspecified atom stereocenters. The minimum atomic E-state index is -3.13. The van der Waals surface area contributed by atoms with E-state index in [2.05, 4.69) is 15.9 Å². The van der Waals surface area contributed by atoms with E-state index in [1.807, 2.05) is 25.1 Å². The molecule has 0 aliphatic carbocycles. The Morgan fingerprint density at radius 1 is 1.48 bits per heavy atom. The molecule has 4 nitrogen and oxygen atoms in total. The normalized spacial score (nSPS) is 22.2. The highest BCUT2D eigenvalue weighted by molar-refractivity contribution is 9.10. The number of piperidine rings is 1. The lowest BCUT2D eigenvalue weighted by molar-refractivity contribution is 0.122. The molecular formula is C15H22BrNO3S. The number of sulfonamides is 1. The molecule has 1 aliphatic heterocycles. The summed E-state index contributed by atoms with van der Waals surface area (Å²) in [5.41, 5.74) is 1.99. The van der Waals surface area contributed by atoms with Crippen molar-refractivity contribution in [2.24, 2.45) is 5.92 Å². The van der Waals surface area contributed by atoms with E-state index in [0.717, 1.165) is 28.4 Å². The van der Waals surface area contributed by atoms with Gasteiger partial charge in [-0.2, -0.15) is 0 Å². The Balaban J connectivity index is 2.05. The van der Waals surface area contributed by atoms with Gasteiger partial charge in [-0.25, -0.2) is 12.7 Å². The highest BCUT2D eigenvalue weighted by Gasteiger charge is 2.28. The zero-order valence-corrected chi connectivity index (χ0v) is 14.8. The van der Waals surface area contributed by atoms with E-state index in [-0.39, 0.29) is 5.92 Å². The summed E-state index contributed by atoms with van der Waals surface area (Å²) in [7, 11) is -3.13. The molecule has 118 valence electrons. The SMILES string of the molecule is Cc1ccc(Br)c(C(O)CC2CCCN(S(C)(=O)=O)C2)c1. The van der Waals surface area contributed by atoms with Gasteiger partial charge in [0.1, 0.15) is 0 Å². The molecule has 1 aliphatic rings. The third-order valence-electron chi connectivity index (χ3n) is 4.02. The van der Waals surface area contributed by atoms with E-state index in [4.69, 9.17) is 0 Å². The first kappa shape index (κ1) is 16.9. The molecule has 21 heavy (non-hydrogen) atoms. The smallest absolute Gasteiger partial charge is 0.211 e. The van der Waals surface area contributed by atoms with E-state index in [1.54, 1.807) is 0 Å². The summed E-state index contributed by atoms with van der Waals surface area (Å²) in [4.78, 5) is 0. The average Bonchev–Trinajstić information content (AvgIpc) is 2.41. The standard InChI is InChI=1S/C15H22BrNO3S/c1-11-5-6-14(16)13(8-11)15(18)9-12-4-3-7-17(10-12)21(2,19)20/h5-6,8,12,15,18H,3-4,7,9-10H2,1-2H3. The van der Waals surface area contributed by atoms with Gasteiger partial charge in [0, 0.05) is 17.6 Å². The van der Waals surface area contributed by atoms with E-state index in [1.165, 1.54) is 10.6 Å². The van der Waals surface area contributed by atoms with Gasteiger partial charge in [-0.15, -0.1) is 0 Å². The van der Waals surface area contributed by atoms with Gasteiger partial charge in [0.05, 0.1) is 12.4 Å². The number of aliphatic hydroxyl groups is 1. The molecule has 6 heteroatoms. The van der Waals surface area contributed by atoms with Crippen molar-refractivity contribution in [1.29, 1.82) is 0 Å². The lowest BCUT2D eigenvalue weighted by Crippen LogP contribution is -2.39. The van der Waals surface area contributed by atoms with Crippen molar-refractivity contribution in [3.63, 3.8) is 0 Å². The van der Waals surface area contributed by atoms with Crippen LogP contribution in [-0.2, 0) is 10.0 Å². The molecule has 1 aromatic carbocycles. The van der Waals surface area contributed by atoms with Gasteiger partial charge in [-0.3, -0.25) is 0 Å². The largest absolute Gasteiger partial charge is 0.388 e. The van der Waals surface area contributed by atoms with E-state index in [9.17, 15) is 13.5 Å². The van der Waals surface area contributed by atoms with Crippen LogP contribution in [0.2, 0.25) is 0 Å². The molecule has 2 atom stereocenters. The summed E-state index contributed by atoms with van der Waals surface area (Å²) in [6.45, 7) is 3.10. The maximum Gasteiger partial charge on any atom is 0.211 e. The highest BCUT2D eigenvalue weighted by Crippen LogP contribution is 2.32. The van der Waals surface area contributed by atoms with Gasteiger partial charge in [0.15, 0.2) is 0 Å². The molecule has 0 saturated carbocycles. The van der Waals surface area contributed by atoms with Gasteiger partial charge < -0.3 is 5.11 Å². The maximum atomic E-state index is 11.6. The van der Waals surface area contributed by atoms with Gasteiger partial charge in [0.2, 0.25) is 10.0 Å². The molecule has 0 bridgehead atoms. The van der Waals surface area contributed by atoms with Gasteiger partial charge in [0.25, 0.3) is 0 Å².